The predicted molar refractivity (Wildman–Crippen MR) is 86.5 cm³/mol. The molecule has 130 valence electrons. The number of unbranched alkanes of at least 4 members (excludes halogenated alkanes) is 1. The summed E-state index contributed by atoms with van der Waals surface area (Å²) >= 11 is 0. The van der Waals surface area contributed by atoms with Crippen LogP contribution in [0, 0.1) is 0 Å². The Morgan fingerprint density at radius 2 is 1.96 bits per heavy atom. The molecule has 0 spiro atoms. The maximum Gasteiger partial charge on any atom is 0.321 e. The number of aliphatic hydroxyl groups excluding tert-OH is 2. The SMILES string of the molecule is CC1=NC(NC(=O)NCCCCNC(=O)C(O)CCO)=NCC1. The molecule has 5 N–H and O–H groups in total. The summed E-state index contributed by atoms with van der Waals surface area (Å²) in [4.78, 5) is 31.2. The van der Waals surface area contributed by atoms with E-state index in [4.69, 9.17) is 5.11 Å². The van der Waals surface area contributed by atoms with Crippen molar-refractivity contribution in [2.24, 2.45) is 9.98 Å². The van der Waals surface area contributed by atoms with Gasteiger partial charge in [-0.2, -0.15) is 0 Å². The fourth-order valence-corrected chi connectivity index (χ4v) is 1.84. The molecular formula is C14H25N5O4. The van der Waals surface area contributed by atoms with Crippen molar-refractivity contribution in [2.45, 2.75) is 38.7 Å². The van der Waals surface area contributed by atoms with Gasteiger partial charge >= 0.3 is 6.03 Å². The number of guanidine groups is 1. The molecule has 1 aliphatic rings. The number of urea groups is 1. The van der Waals surface area contributed by atoms with Crippen molar-refractivity contribution >= 4 is 23.6 Å². The van der Waals surface area contributed by atoms with Crippen LogP contribution in [0.4, 0.5) is 4.79 Å². The van der Waals surface area contributed by atoms with Gasteiger partial charge < -0.3 is 20.8 Å². The molecule has 0 aliphatic carbocycles. The van der Waals surface area contributed by atoms with Gasteiger partial charge in [-0.05, 0) is 19.8 Å². The molecule has 0 saturated carbocycles. The Hall–Kier alpha value is -2.00. The van der Waals surface area contributed by atoms with Crippen molar-refractivity contribution in [2.75, 3.05) is 26.2 Å². The molecule has 0 fully saturated rings. The van der Waals surface area contributed by atoms with Crippen molar-refractivity contribution in [1.82, 2.24) is 16.0 Å². The Morgan fingerprint density at radius 3 is 2.61 bits per heavy atom. The molecule has 23 heavy (non-hydrogen) atoms. The fraction of sp³-hybridized carbons (Fsp3) is 0.714. The van der Waals surface area contributed by atoms with Crippen molar-refractivity contribution in [3.05, 3.63) is 0 Å². The van der Waals surface area contributed by atoms with Crippen LogP contribution in [0.25, 0.3) is 0 Å². The average Bonchev–Trinajstić information content (AvgIpc) is 2.50. The van der Waals surface area contributed by atoms with Gasteiger partial charge in [0, 0.05) is 44.8 Å². The summed E-state index contributed by atoms with van der Waals surface area (Å²) in [5, 5.41) is 25.7. The first-order valence-electron chi connectivity index (χ1n) is 7.73. The molecule has 0 bridgehead atoms. The van der Waals surface area contributed by atoms with Gasteiger partial charge in [0.1, 0.15) is 6.10 Å². The van der Waals surface area contributed by atoms with Gasteiger partial charge in [-0.1, -0.05) is 0 Å². The number of aliphatic imine (C=N–C) groups is 2. The van der Waals surface area contributed by atoms with Crippen LogP contribution < -0.4 is 16.0 Å². The summed E-state index contributed by atoms with van der Waals surface area (Å²) in [5.74, 6) is -0.162. The molecule has 0 radical (unpaired) electrons. The average molecular weight is 327 g/mol. The van der Waals surface area contributed by atoms with Crippen molar-refractivity contribution in [3.8, 4) is 0 Å². The fourth-order valence-electron chi connectivity index (χ4n) is 1.84. The smallest absolute Gasteiger partial charge is 0.321 e. The van der Waals surface area contributed by atoms with Crippen molar-refractivity contribution in [3.63, 3.8) is 0 Å². The second-order valence-corrected chi connectivity index (χ2v) is 5.21. The third kappa shape index (κ3) is 8.27. The zero-order chi connectivity index (χ0) is 17.1. The van der Waals surface area contributed by atoms with E-state index in [0.717, 1.165) is 12.1 Å². The molecule has 1 aliphatic heterocycles. The Labute approximate surface area is 135 Å². The number of hydrogen-bond donors (Lipinski definition) is 5. The van der Waals surface area contributed by atoms with Crippen LogP contribution in [0.1, 0.15) is 32.6 Å². The molecule has 3 amide bonds. The number of amides is 3. The molecule has 1 unspecified atom stereocenters. The monoisotopic (exact) mass is 327 g/mol. The van der Waals surface area contributed by atoms with Crippen LogP contribution in [0.5, 0.6) is 0 Å². The Balaban J connectivity index is 2.05. The van der Waals surface area contributed by atoms with Crippen LogP contribution in [0.2, 0.25) is 0 Å². The van der Waals surface area contributed by atoms with E-state index >= 15 is 0 Å². The van der Waals surface area contributed by atoms with Gasteiger partial charge in [0.15, 0.2) is 0 Å². The van der Waals surface area contributed by atoms with E-state index in [1.807, 2.05) is 6.92 Å². The molecule has 0 saturated heterocycles. The normalized spacial score (nSPS) is 15.3. The van der Waals surface area contributed by atoms with E-state index in [2.05, 4.69) is 25.9 Å². The number of carbonyl (C=O) groups excluding carboxylic acids is 2. The molecule has 1 atom stereocenters. The highest BCUT2D eigenvalue weighted by Gasteiger charge is 2.13. The molecule has 0 aromatic carbocycles. The minimum atomic E-state index is -1.18. The van der Waals surface area contributed by atoms with Crippen LogP contribution in [0.3, 0.4) is 0 Å². The summed E-state index contributed by atoms with van der Waals surface area (Å²) in [6, 6.07) is -0.357. The number of nitrogens with one attached hydrogen (secondary N) is 3. The second kappa shape index (κ2) is 10.7. The standard InChI is InChI=1S/C14H25N5O4/c1-10-4-8-16-13(18-10)19-14(23)17-7-3-2-6-15-12(22)11(21)5-9-20/h11,20-21H,2-9H2,1H3,(H,15,22)(H2,16,17,19,23). The predicted octanol–water partition coefficient (Wildman–Crippen LogP) is -0.854. The number of hydrogen-bond acceptors (Lipinski definition) is 6. The van der Waals surface area contributed by atoms with Crippen LogP contribution in [0.15, 0.2) is 9.98 Å². The summed E-state index contributed by atoms with van der Waals surface area (Å²) in [6.07, 6.45) is 1.00. The highest BCUT2D eigenvalue weighted by Crippen LogP contribution is 1.96. The van der Waals surface area contributed by atoms with Crippen LogP contribution in [-0.2, 0) is 4.79 Å². The number of rotatable bonds is 8. The topological polar surface area (TPSA) is 135 Å². The van der Waals surface area contributed by atoms with Gasteiger partial charge in [-0.25, -0.2) is 9.79 Å². The van der Waals surface area contributed by atoms with E-state index in [9.17, 15) is 14.7 Å². The molecule has 1 heterocycles. The zero-order valence-electron chi connectivity index (χ0n) is 13.3. The van der Waals surface area contributed by atoms with E-state index in [0.29, 0.717) is 38.4 Å². The number of nitrogens with zero attached hydrogens (tertiary/aromatic N) is 2. The number of aliphatic hydroxyl groups is 2. The summed E-state index contributed by atoms with van der Waals surface area (Å²) in [5.41, 5.74) is 0.939. The summed E-state index contributed by atoms with van der Waals surface area (Å²) in [7, 11) is 0. The van der Waals surface area contributed by atoms with Gasteiger partial charge in [0.25, 0.3) is 0 Å². The lowest BCUT2D eigenvalue weighted by Crippen LogP contribution is -2.40. The lowest BCUT2D eigenvalue weighted by molar-refractivity contribution is -0.130. The molecule has 9 heteroatoms. The highest BCUT2D eigenvalue weighted by atomic mass is 16.3. The highest BCUT2D eigenvalue weighted by molar-refractivity contribution is 6.04. The van der Waals surface area contributed by atoms with E-state index < -0.39 is 12.0 Å². The lowest BCUT2D eigenvalue weighted by Gasteiger charge is -2.11. The first-order chi connectivity index (χ1) is 11.0. The molecule has 0 aromatic rings. The lowest BCUT2D eigenvalue weighted by atomic mass is 10.2. The zero-order valence-corrected chi connectivity index (χ0v) is 13.3. The third-order valence-corrected chi connectivity index (χ3v) is 3.15. The van der Waals surface area contributed by atoms with E-state index in [1.54, 1.807) is 0 Å². The van der Waals surface area contributed by atoms with E-state index in [-0.39, 0.29) is 19.1 Å². The minimum Gasteiger partial charge on any atom is -0.396 e. The third-order valence-electron chi connectivity index (χ3n) is 3.15. The van der Waals surface area contributed by atoms with Crippen LogP contribution >= 0.6 is 0 Å². The Bertz CT molecular complexity index is 464. The molecule has 0 aromatic heterocycles. The molecule has 9 nitrogen and oxygen atoms in total. The van der Waals surface area contributed by atoms with Gasteiger partial charge in [0.2, 0.25) is 11.9 Å². The molecular weight excluding hydrogens is 302 g/mol. The summed E-state index contributed by atoms with van der Waals surface area (Å²) < 4.78 is 0. The van der Waals surface area contributed by atoms with Crippen molar-refractivity contribution < 1.29 is 19.8 Å². The first-order valence-corrected chi connectivity index (χ1v) is 7.73. The summed E-state index contributed by atoms with van der Waals surface area (Å²) in [6.45, 7) is 3.15. The maximum absolute atomic E-state index is 11.6. The quantitative estimate of drug-likeness (QED) is 0.371. The second-order valence-electron chi connectivity index (χ2n) is 5.21. The molecule has 1 rings (SSSR count). The first kappa shape index (κ1) is 19.0. The van der Waals surface area contributed by atoms with Gasteiger partial charge in [0.05, 0.1) is 0 Å². The van der Waals surface area contributed by atoms with Crippen LogP contribution in [-0.4, -0.2) is 66.2 Å². The maximum atomic E-state index is 11.6. The Kier molecular flexibility index (Phi) is 8.85. The number of carbonyl (C=O) groups is 2. The van der Waals surface area contributed by atoms with Gasteiger partial charge in [-0.15, -0.1) is 0 Å². The van der Waals surface area contributed by atoms with E-state index in [1.165, 1.54) is 0 Å². The van der Waals surface area contributed by atoms with Gasteiger partial charge in [-0.3, -0.25) is 15.1 Å². The Morgan fingerprint density at radius 1 is 1.26 bits per heavy atom. The minimum absolute atomic E-state index is 0.0272. The largest absolute Gasteiger partial charge is 0.396 e. The van der Waals surface area contributed by atoms with Crippen molar-refractivity contribution in [1.29, 1.82) is 0 Å².